The van der Waals surface area contributed by atoms with Crippen molar-refractivity contribution in [2.75, 3.05) is 17.2 Å². The van der Waals surface area contributed by atoms with Gasteiger partial charge >= 0.3 is 0 Å². The van der Waals surface area contributed by atoms with E-state index in [1.165, 1.54) is 31.9 Å². The van der Waals surface area contributed by atoms with Crippen molar-refractivity contribution in [3.63, 3.8) is 0 Å². The molecule has 3 rings (SSSR count). The van der Waals surface area contributed by atoms with Gasteiger partial charge in [0, 0.05) is 5.75 Å². The van der Waals surface area contributed by atoms with Crippen molar-refractivity contribution in [3.05, 3.63) is 12.7 Å². The van der Waals surface area contributed by atoms with Gasteiger partial charge in [0.15, 0.2) is 17.7 Å². The lowest BCUT2D eigenvalue weighted by molar-refractivity contribution is -0.0289. The summed E-state index contributed by atoms with van der Waals surface area (Å²) in [5.74, 6) is 1.95. The van der Waals surface area contributed by atoms with Crippen molar-refractivity contribution in [1.82, 2.24) is 19.5 Å². The molecule has 1 fully saturated rings. The van der Waals surface area contributed by atoms with Crippen LogP contribution >= 0.6 is 11.8 Å². The van der Waals surface area contributed by atoms with Gasteiger partial charge in [0.25, 0.3) is 0 Å². The highest BCUT2D eigenvalue weighted by atomic mass is 32.2. The third-order valence-electron chi connectivity index (χ3n) is 4.42. The van der Waals surface area contributed by atoms with E-state index in [0.29, 0.717) is 16.9 Å². The number of hydrogen-bond acceptors (Lipinski definition) is 8. The van der Waals surface area contributed by atoms with E-state index in [-0.39, 0.29) is 5.82 Å². The highest BCUT2D eigenvalue weighted by molar-refractivity contribution is 7.99. The number of ether oxygens (including phenoxy) is 1. The predicted molar refractivity (Wildman–Crippen MR) is 97.1 cm³/mol. The number of aliphatic hydroxyl groups is 2. The molecule has 8 nitrogen and oxygen atoms in total. The van der Waals surface area contributed by atoms with Crippen LogP contribution < -0.4 is 5.73 Å². The Kier molecular flexibility index (Phi) is 6.10. The van der Waals surface area contributed by atoms with E-state index >= 15 is 0 Å². The quantitative estimate of drug-likeness (QED) is 0.598. The molecule has 0 unspecified atom stereocenters. The van der Waals surface area contributed by atoms with Crippen LogP contribution in [0.5, 0.6) is 0 Å². The minimum atomic E-state index is -1.04. The Bertz CT molecular complexity index is 697. The van der Waals surface area contributed by atoms with Crippen molar-refractivity contribution < 1.29 is 14.9 Å². The maximum absolute atomic E-state index is 10.4. The molecule has 1 saturated heterocycles. The predicted octanol–water partition coefficient (Wildman–Crippen LogP) is 1.34. The Morgan fingerprint density at radius 3 is 2.84 bits per heavy atom. The van der Waals surface area contributed by atoms with E-state index in [1.807, 2.05) is 0 Å². The second-order valence-electron chi connectivity index (χ2n) is 6.26. The second-order valence-corrected chi connectivity index (χ2v) is 7.41. The van der Waals surface area contributed by atoms with E-state index in [0.717, 1.165) is 12.2 Å². The molecular weight excluding hydrogens is 342 g/mol. The molecule has 3 heterocycles. The largest absolute Gasteiger partial charge is 0.387 e. The summed E-state index contributed by atoms with van der Waals surface area (Å²) in [5.41, 5.74) is 6.73. The van der Waals surface area contributed by atoms with Crippen molar-refractivity contribution in [2.24, 2.45) is 0 Å². The Labute approximate surface area is 150 Å². The maximum Gasteiger partial charge on any atom is 0.167 e. The molecule has 1 aliphatic heterocycles. The first-order chi connectivity index (χ1) is 12.1. The third kappa shape index (κ3) is 3.89. The first-order valence-electron chi connectivity index (χ1n) is 8.65. The summed E-state index contributed by atoms with van der Waals surface area (Å²) in [7, 11) is 0. The van der Waals surface area contributed by atoms with Crippen molar-refractivity contribution in [2.45, 2.75) is 57.1 Å². The fraction of sp³-hybridized carbons (Fsp3) is 0.688. The van der Waals surface area contributed by atoms with Crippen LogP contribution in [0.25, 0.3) is 11.2 Å². The zero-order chi connectivity index (χ0) is 17.8. The third-order valence-corrected chi connectivity index (χ3v) is 5.56. The molecule has 4 N–H and O–H groups in total. The number of nitrogen functional groups attached to an aromatic ring is 1. The van der Waals surface area contributed by atoms with Gasteiger partial charge in [-0.05, 0) is 12.2 Å². The molecule has 0 aliphatic carbocycles. The van der Waals surface area contributed by atoms with Gasteiger partial charge in [0.2, 0.25) is 0 Å². The first kappa shape index (κ1) is 18.4. The van der Waals surface area contributed by atoms with Gasteiger partial charge in [-0.1, -0.05) is 26.2 Å². The minimum Gasteiger partial charge on any atom is -0.387 e. The van der Waals surface area contributed by atoms with Crippen LogP contribution in [0.15, 0.2) is 12.7 Å². The van der Waals surface area contributed by atoms with Crippen LogP contribution in [-0.4, -0.2) is 59.5 Å². The fourth-order valence-electron chi connectivity index (χ4n) is 2.98. The maximum atomic E-state index is 10.4. The van der Waals surface area contributed by atoms with Gasteiger partial charge in [-0.15, -0.1) is 0 Å². The molecule has 138 valence electrons. The number of aliphatic hydroxyl groups excluding tert-OH is 2. The monoisotopic (exact) mass is 367 g/mol. The first-order valence-corrected chi connectivity index (χ1v) is 9.81. The SMILES string of the molecule is CCCCCCSC[C@H]1O[C@@H](n2cnc3c(N)ncnc32)[C@H](O)[C@@H]1O. The van der Waals surface area contributed by atoms with Crippen molar-refractivity contribution in [3.8, 4) is 0 Å². The number of imidazole rings is 1. The molecule has 0 amide bonds. The van der Waals surface area contributed by atoms with Gasteiger partial charge < -0.3 is 20.7 Å². The van der Waals surface area contributed by atoms with Crippen LogP contribution in [0.3, 0.4) is 0 Å². The van der Waals surface area contributed by atoms with Crippen molar-refractivity contribution >= 4 is 28.7 Å². The zero-order valence-electron chi connectivity index (χ0n) is 14.3. The molecular formula is C16H25N5O3S. The van der Waals surface area contributed by atoms with Crippen LogP contribution in [0.4, 0.5) is 5.82 Å². The van der Waals surface area contributed by atoms with Crippen LogP contribution in [0.1, 0.15) is 38.8 Å². The molecule has 0 bridgehead atoms. The number of fused-ring (bicyclic) bond motifs is 1. The van der Waals surface area contributed by atoms with Gasteiger partial charge in [-0.3, -0.25) is 4.57 Å². The van der Waals surface area contributed by atoms with Gasteiger partial charge in [0.05, 0.1) is 12.4 Å². The van der Waals surface area contributed by atoms with Gasteiger partial charge in [0.1, 0.15) is 24.1 Å². The lowest BCUT2D eigenvalue weighted by atomic mass is 10.1. The lowest BCUT2D eigenvalue weighted by Gasteiger charge is -2.16. The highest BCUT2D eigenvalue weighted by Crippen LogP contribution is 2.33. The molecule has 4 atom stereocenters. The van der Waals surface area contributed by atoms with Crippen LogP contribution in [-0.2, 0) is 4.74 Å². The molecule has 0 spiro atoms. The van der Waals surface area contributed by atoms with E-state index in [9.17, 15) is 10.2 Å². The standard InChI is InChI=1S/C16H25N5O3S/c1-2-3-4-5-6-25-7-10-12(22)13(23)16(24-10)21-9-20-11-14(17)18-8-19-15(11)21/h8-10,12-13,16,22-23H,2-7H2,1H3,(H2,17,18,19)/t10-,12-,13-,16-/m1/s1. The molecule has 9 heteroatoms. The van der Waals surface area contributed by atoms with Gasteiger partial charge in [-0.2, -0.15) is 11.8 Å². The highest BCUT2D eigenvalue weighted by Gasteiger charge is 2.44. The molecule has 25 heavy (non-hydrogen) atoms. The zero-order valence-corrected chi connectivity index (χ0v) is 15.1. The van der Waals surface area contributed by atoms with Gasteiger partial charge in [-0.25, -0.2) is 15.0 Å². The lowest BCUT2D eigenvalue weighted by Crippen LogP contribution is -2.32. The number of nitrogens with two attached hydrogens (primary N) is 1. The molecule has 0 radical (unpaired) electrons. The Morgan fingerprint density at radius 2 is 2.04 bits per heavy atom. The Hall–Kier alpha value is -1.42. The van der Waals surface area contributed by atoms with Crippen LogP contribution in [0, 0.1) is 0 Å². The second kappa shape index (κ2) is 8.31. The topological polar surface area (TPSA) is 119 Å². The number of thioether (sulfide) groups is 1. The molecule has 2 aromatic heterocycles. The number of hydrogen-bond donors (Lipinski definition) is 3. The number of rotatable bonds is 8. The summed E-state index contributed by atoms with van der Waals surface area (Å²) >= 11 is 1.75. The summed E-state index contributed by atoms with van der Waals surface area (Å²) in [6.45, 7) is 2.19. The Balaban J connectivity index is 1.62. The van der Waals surface area contributed by atoms with E-state index < -0.39 is 24.5 Å². The normalized spacial score (nSPS) is 26.5. The molecule has 2 aromatic rings. The van der Waals surface area contributed by atoms with E-state index in [1.54, 1.807) is 16.3 Å². The molecule has 1 aliphatic rings. The summed E-state index contributed by atoms with van der Waals surface area (Å²) < 4.78 is 7.51. The summed E-state index contributed by atoms with van der Waals surface area (Å²) in [4.78, 5) is 12.3. The van der Waals surface area contributed by atoms with E-state index in [4.69, 9.17) is 10.5 Å². The Morgan fingerprint density at radius 1 is 1.20 bits per heavy atom. The average molecular weight is 367 g/mol. The summed E-state index contributed by atoms with van der Waals surface area (Å²) in [6, 6.07) is 0. The average Bonchev–Trinajstić information content (AvgIpc) is 3.15. The number of nitrogens with zero attached hydrogens (tertiary/aromatic N) is 4. The van der Waals surface area contributed by atoms with Crippen molar-refractivity contribution in [1.29, 1.82) is 0 Å². The van der Waals surface area contributed by atoms with E-state index in [2.05, 4.69) is 21.9 Å². The molecule has 0 saturated carbocycles. The smallest absolute Gasteiger partial charge is 0.167 e. The summed E-state index contributed by atoms with van der Waals surface area (Å²) in [5, 5.41) is 20.7. The fourth-order valence-corrected chi connectivity index (χ4v) is 4.07. The number of unbranched alkanes of at least 4 members (excludes halogenated alkanes) is 3. The number of aromatic nitrogens is 4. The summed E-state index contributed by atoms with van der Waals surface area (Å²) in [6.07, 6.45) is 4.57. The number of anilines is 1. The van der Waals surface area contributed by atoms with Crippen LogP contribution in [0.2, 0.25) is 0 Å². The minimum absolute atomic E-state index is 0.274. The molecule has 0 aromatic carbocycles.